The average molecular weight is 450 g/mol. The van der Waals surface area contributed by atoms with E-state index < -0.39 is 0 Å². The summed E-state index contributed by atoms with van der Waals surface area (Å²) >= 11 is 0. The lowest BCUT2D eigenvalue weighted by molar-refractivity contribution is -0.0521. The van der Waals surface area contributed by atoms with Gasteiger partial charge in [-0.05, 0) is 109 Å². The second-order valence-electron chi connectivity index (χ2n) is 10.5. The quantitative estimate of drug-likeness (QED) is 0.562. The molecule has 0 spiro atoms. The lowest BCUT2D eigenvalue weighted by Crippen LogP contribution is -2.47. The first kappa shape index (κ1) is 22.7. The number of hydrogen-bond acceptors (Lipinski definition) is 4. The Balaban J connectivity index is 1.52. The van der Waals surface area contributed by atoms with Crippen molar-refractivity contribution in [3.05, 3.63) is 59.2 Å². The molecular weight excluding hydrogens is 410 g/mol. The maximum atomic E-state index is 6.08. The maximum absolute atomic E-state index is 6.08. The minimum atomic E-state index is 0.243. The summed E-state index contributed by atoms with van der Waals surface area (Å²) in [5.74, 6) is 4.43. The highest BCUT2D eigenvalue weighted by Crippen LogP contribution is 2.65. The van der Waals surface area contributed by atoms with Gasteiger partial charge in [0.05, 0.1) is 13.2 Å². The number of methoxy groups -OCH3 is 2. The van der Waals surface area contributed by atoms with E-state index in [0.29, 0.717) is 30.5 Å². The van der Waals surface area contributed by atoms with Crippen molar-refractivity contribution in [3.63, 3.8) is 0 Å². The van der Waals surface area contributed by atoms with Crippen molar-refractivity contribution in [1.29, 1.82) is 0 Å². The molecule has 2 fully saturated rings. The Bertz CT molecular complexity index is 958. The standard InChI is InChI=1S/C29H39NO3/c1-29-18-25(19-5-8-21(9-6-19)33-16-15-30-2)28-23-12-10-22(31-3)17-20(23)7-11-24(28)26(29)13-14-27(29)32-4/h5-6,8-10,12,17,24-28,30H,7,11,13-16,18H2,1-4H3/t24?,25-,26?,27+,28?,29+/m1/s1. The fourth-order valence-electron chi connectivity index (χ4n) is 7.56. The van der Waals surface area contributed by atoms with Crippen molar-refractivity contribution in [2.75, 3.05) is 34.4 Å². The van der Waals surface area contributed by atoms with E-state index in [2.05, 4.69) is 54.7 Å². The molecule has 178 valence electrons. The van der Waals surface area contributed by atoms with Crippen LogP contribution in [0.25, 0.3) is 0 Å². The van der Waals surface area contributed by atoms with E-state index in [-0.39, 0.29) is 5.41 Å². The van der Waals surface area contributed by atoms with Gasteiger partial charge < -0.3 is 19.5 Å². The summed E-state index contributed by atoms with van der Waals surface area (Å²) in [4.78, 5) is 0. The summed E-state index contributed by atoms with van der Waals surface area (Å²) < 4.78 is 17.5. The van der Waals surface area contributed by atoms with Crippen molar-refractivity contribution >= 4 is 0 Å². The summed E-state index contributed by atoms with van der Waals surface area (Å²) in [5, 5.41) is 3.14. The number of fused-ring (bicyclic) bond motifs is 5. The Morgan fingerprint density at radius 2 is 1.79 bits per heavy atom. The van der Waals surface area contributed by atoms with E-state index in [4.69, 9.17) is 14.2 Å². The minimum Gasteiger partial charge on any atom is -0.497 e. The summed E-state index contributed by atoms with van der Waals surface area (Å²) in [7, 11) is 5.64. The van der Waals surface area contributed by atoms with Gasteiger partial charge in [0.2, 0.25) is 0 Å². The smallest absolute Gasteiger partial charge is 0.119 e. The van der Waals surface area contributed by atoms with Gasteiger partial charge in [-0.25, -0.2) is 0 Å². The Hall–Kier alpha value is -2.04. The van der Waals surface area contributed by atoms with Gasteiger partial charge in [0.1, 0.15) is 18.1 Å². The highest BCUT2D eigenvalue weighted by atomic mass is 16.5. The molecule has 0 aliphatic heterocycles. The number of ether oxygens (including phenoxy) is 3. The van der Waals surface area contributed by atoms with Crippen LogP contribution in [0.15, 0.2) is 42.5 Å². The van der Waals surface area contributed by atoms with E-state index >= 15 is 0 Å². The van der Waals surface area contributed by atoms with Crippen LogP contribution in [0.2, 0.25) is 0 Å². The summed E-state index contributed by atoms with van der Waals surface area (Å²) in [6.07, 6.45) is 6.47. The first-order valence-electron chi connectivity index (χ1n) is 12.7. The maximum Gasteiger partial charge on any atom is 0.119 e. The molecule has 33 heavy (non-hydrogen) atoms. The molecule has 0 aromatic heterocycles. The van der Waals surface area contributed by atoms with E-state index in [9.17, 15) is 0 Å². The fourth-order valence-corrected chi connectivity index (χ4v) is 7.56. The normalized spacial score (nSPS) is 32.5. The highest BCUT2D eigenvalue weighted by Gasteiger charge is 2.58. The monoisotopic (exact) mass is 449 g/mol. The van der Waals surface area contributed by atoms with Gasteiger partial charge in [-0.15, -0.1) is 0 Å². The zero-order chi connectivity index (χ0) is 23.0. The molecule has 0 radical (unpaired) electrons. The number of likely N-dealkylation sites (N-methyl/N-ethyl adjacent to an activating group) is 1. The fraction of sp³-hybridized carbons (Fsp3) is 0.586. The third kappa shape index (κ3) is 3.95. The number of benzene rings is 2. The first-order valence-corrected chi connectivity index (χ1v) is 12.7. The van der Waals surface area contributed by atoms with Crippen LogP contribution < -0.4 is 14.8 Å². The van der Waals surface area contributed by atoms with Crippen LogP contribution in [-0.4, -0.2) is 40.5 Å². The zero-order valence-corrected chi connectivity index (χ0v) is 20.6. The average Bonchev–Trinajstić information content (AvgIpc) is 3.19. The molecule has 3 unspecified atom stereocenters. The molecule has 4 heteroatoms. The molecule has 0 bridgehead atoms. The second kappa shape index (κ2) is 9.31. The third-order valence-electron chi connectivity index (χ3n) is 9.06. The molecular formula is C29H39NO3. The van der Waals surface area contributed by atoms with E-state index in [0.717, 1.165) is 30.4 Å². The molecule has 3 aliphatic rings. The SMILES string of the molecule is CNCCOc1ccc([C@H]2C[C@@]3(C)C(CC[C@@H]3OC)C3CCc4cc(OC)ccc4C32)cc1. The van der Waals surface area contributed by atoms with E-state index in [1.807, 2.05) is 14.2 Å². The second-order valence-corrected chi connectivity index (χ2v) is 10.5. The molecule has 0 heterocycles. The van der Waals surface area contributed by atoms with Crippen LogP contribution in [0.5, 0.6) is 11.5 Å². The van der Waals surface area contributed by atoms with E-state index in [1.54, 1.807) is 12.7 Å². The van der Waals surface area contributed by atoms with Crippen LogP contribution in [0.3, 0.4) is 0 Å². The molecule has 6 atom stereocenters. The van der Waals surface area contributed by atoms with Gasteiger partial charge in [-0.2, -0.15) is 0 Å². The number of aryl methyl sites for hydroxylation is 1. The molecule has 0 saturated heterocycles. The van der Waals surface area contributed by atoms with Crippen LogP contribution in [-0.2, 0) is 11.2 Å². The van der Waals surface area contributed by atoms with Gasteiger partial charge in [0, 0.05) is 13.7 Å². The predicted octanol–water partition coefficient (Wildman–Crippen LogP) is 5.56. The largest absolute Gasteiger partial charge is 0.497 e. The van der Waals surface area contributed by atoms with Crippen molar-refractivity contribution < 1.29 is 14.2 Å². The molecule has 2 aromatic carbocycles. The minimum absolute atomic E-state index is 0.243. The van der Waals surface area contributed by atoms with E-state index in [1.165, 1.54) is 36.8 Å². The lowest BCUT2D eigenvalue weighted by atomic mass is 9.51. The van der Waals surface area contributed by atoms with Crippen LogP contribution in [0, 0.1) is 17.3 Å². The predicted molar refractivity (Wildman–Crippen MR) is 132 cm³/mol. The molecule has 5 rings (SSSR count). The van der Waals surface area contributed by atoms with Crippen molar-refractivity contribution in [3.8, 4) is 11.5 Å². The Labute approximate surface area is 199 Å². The van der Waals surface area contributed by atoms with Crippen molar-refractivity contribution in [1.82, 2.24) is 5.32 Å². The van der Waals surface area contributed by atoms with Gasteiger partial charge in [0.25, 0.3) is 0 Å². The highest BCUT2D eigenvalue weighted by molar-refractivity contribution is 5.44. The molecule has 2 saturated carbocycles. The van der Waals surface area contributed by atoms with Crippen LogP contribution in [0.4, 0.5) is 0 Å². The topological polar surface area (TPSA) is 39.7 Å². The summed E-state index contributed by atoms with van der Waals surface area (Å²) in [6.45, 7) is 4.06. The van der Waals surface area contributed by atoms with Gasteiger partial charge in [-0.3, -0.25) is 0 Å². The summed E-state index contributed by atoms with van der Waals surface area (Å²) in [5.41, 5.74) is 4.72. The van der Waals surface area contributed by atoms with Crippen LogP contribution in [0.1, 0.15) is 61.1 Å². The third-order valence-corrected chi connectivity index (χ3v) is 9.06. The molecule has 2 aromatic rings. The molecule has 0 amide bonds. The lowest BCUT2D eigenvalue weighted by Gasteiger charge is -2.54. The Morgan fingerprint density at radius 3 is 2.52 bits per heavy atom. The van der Waals surface area contributed by atoms with Gasteiger partial charge in [0.15, 0.2) is 0 Å². The Morgan fingerprint density at radius 1 is 1.00 bits per heavy atom. The van der Waals surface area contributed by atoms with Crippen molar-refractivity contribution in [2.24, 2.45) is 17.3 Å². The number of rotatable bonds is 7. The molecule has 4 nitrogen and oxygen atoms in total. The Kier molecular flexibility index (Phi) is 6.41. The van der Waals surface area contributed by atoms with Crippen LogP contribution >= 0.6 is 0 Å². The first-order chi connectivity index (χ1) is 16.1. The summed E-state index contributed by atoms with van der Waals surface area (Å²) in [6, 6.07) is 15.8. The number of hydrogen-bond donors (Lipinski definition) is 1. The van der Waals surface area contributed by atoms with Gasteiger partial charge >= 0.3 is 0 Å². The van der Waals surface area contributed by atoms with Crippen molar-refractivity contribution in [2.45, 2.75) is 57.0 Å². The zero-order valence-electron chi connectivity index (χ0n) is 20.6. The molecule has 1 N–H and O–H groups in total. The molecule has 3 aliphatic carbocycles. The number of nitrogens with one attached hydrogen (secondary N) is 1. The van der Waals surface area contributed by atoms with Gasteiger partial charge in [-0.1, -0.05) is 25.1 Å².